The van der Waals surface area contributed by atoms with E-state index in [4.69, 9.17) is 0 Å². The fourth-order valence-electron chi connectivity index (χ4n) is 3.86. The minimum absolute atomic E-state index is 0.0488. The number of nitrogens with zero attached hydrogens (tertiary/aromatic N) is 8. The maximum absolute atomic E-state index is 13.9. The smallest absolute Gasteiger partial charge is 0.358 e. The lowest BCUT2D eigenvalue weighted by atomic mass is 10.2. The highest BCUT2D eigenvalue weighted by Crippen LogP contribution is 2.27. The minimum atomic E-state index is -0.612. The van der Waals surface area contributed by atoms with Gasteiger partial charge in [0.15, 0.2) is 11.8 Å². The normalized spacial score (nSPS) is 11.5. The molecule has 0 aliphatic carbocycles. The van der Waals surface area contributed by atoms with Gasteiger partial charge in [-0.05, 0) is 56.2 Å². The third kappa shape index (κ3) is 6.42. The van der Waals surface area contributed by atoms with Gasteiger partial charge in [0, 0.05) is 24.2 Å². The summed E-state index contributed by atoms with van der Waals surface area (Å²) in [4.78, 5) is 39.8. The summed E-state index contributed by atoms with van der Waals surface area (Å²) in [5.74, 6) is -0.624. The molecule has 0 bridgehead atoms. The molecule has 0 aliphatic heterocycles. The molecule has 4 aromatic rings. The van der Waals surface area contributed by atoms with Crippen LogP contribution >= 0.6 is 15.9 Å². The van der Waals surface area contributed by atoms with Crippen molar-refractivity contribution in [3.05, 3.63) is 80.9 Å². The number of aromatic nitrogens is 5. The highest BCUT2D eigenvalue weighted by molar-refractivity contribution is 9.10. The molecule has 0 unspecified atom stereocenters. The molecule has 0 saturated carbocycles. The van der Waals surface area contributed by atoms with Crippen LogP contribution in [-0.4, -0.2) is 60.5 Å². The van der Waals surface area contributed by atoms with Crippen molar-refractivity contribution in [1.82, 2.24) is 24.5 Å². The molecule has 1 aromatic carbocycles. The van der Waals surface area contributed by atoms with Gasteiger partial charge in [0.1, 0.15) is 30.3 Å². The van der Waals surface area contributed by atoms with Crippen molar-refractivity contribution in [2.24, 2.45) is 7.05 Å². The lowest BCUT2D eigenvalue weighted by molar-refractivity contribution is -0.898. The van der Waals surface area contributed by atoms with Crippen molar-refractivity contribution in [2.45, 2.75) is 6.54 Å². The highest BCUT2D eigenvalue weighted by atomic mass is 79.9. The summed E-state index contributed by atoms with van der Waals surface area (Å²) in [5, 5.41) is 26.9. The van der Waals surface area contributed by atoms with E-state index in [1.54, 1.807) is 31.3 Å². The Morgan fingerprint density at radius 3 is 2.77 bits per heavy atom. The molecule has 1 amide bonds. The number of amides is 1. The summed E-state index contributed by atoms with van der Waals surface area (Å²) in [5.41, 5.74) is 1.31. The van der Waals surface area contributed by atoms with E-state index in [9.17, 15) is 24.6 Å². The molecule has 3 aromatic heterocycles. The number of nitriles is 1. The number of halogens is 2. The van der Waals surface area contributed by atoms with Gasteiger partial charge >= 0.3 is 11.6 Å². The van der Waals surface area contributed by atoms with E-state index in [1.165, 1.54) is 29.2 Å². The van der Waals surface area contributed by atoms with Crippen molar-refractivity contribution in [2.75, 3.05) is 31.3 Å². The van der Waals surface area contributed by atoms with Gasteiger partial charge < -0.3 is 25.2 Å². The Morgan fingerprint density at radius 2 is 2.08 bits per heavy atom. The Kier molecular flexibility index (Phi) is 8.12. The van der Waals surface area contributed by atoms with Gasteiger partial charge in [-0.3, -0.25) is 9.36 Å². The van der Waals surface area contributed by atoms with E-state index in [0.29, 0.717) is 39.1 Å². The van der Waals surface area contributed by atoms with Crippen molar-refractivity contribution in [3.8, 4) is 6.07 Å². The topological polar surface area (TPSA) is 165 Å². The van der Waals surface area contributed by atoms with Crippen LogP contribution in [0.25, 0.3) is 10.9 Å². The molecular formula is C25H23BrFN10O3+. The van der Waals surface area contributed by atoms with Gasteiger partial charge in [-0.25, -0.2) is 19.3 Å². The molecule has 4 rings (SSSR count). The van der Waals surface area contributed by atoms with Gasteiger partial charge in [-0.15, -0.1) is 0 Å². The summed E-state index contributed by atoms with van der Waals surface area (Å²) >= 11 is 3.12. The van der Waals surface area contributed by atoms with Crippen LogP contribution in [0.4, 0.5) is 27.5 Å². The van der Waals surface area contributed by atoms with Crippen molar-refractivity contribution >= 4 is 55.9 Å². The summed E-state index contributed by atoms with van der Waals surface area (Å²) in [7, 11) is 5.22. The molecule has 40 heavy (non-hydrogen) atoms. The molecule has 204 valence electrons. The van der Waals surface area contributed by atoms with Gasteiger partial charge in [0.25, 0.3) is 0 Å². The molecule has 0 saturated heterocycles. The summed E-state index contributed by atoms with van der Waals surface area (Å²) < 4.78 is 15.9. The molecule has 13 nitrogen and oxygen atoms in total. The van der Waals surface area contributed by atoms with Crippen LogP contribution < -0.4 is 10.6 Å². The Labute approximate surface area is 235 Å². The Balaban J connectivity index is 1.45. The second-order valence-corrected chi connectivity index (χ2v) is 10.2. The largest absolute Gasteiger partial charge is 0.392 e. The molecule has 0 fully saturated rings. The fraction of sp³-hybridized carbons (Fsp3) is 0.200. The molecule has 15 heteroatoms. The number of benzene rings is 1. The molecule has 0 radical (unpaired) electrons. The lowest BCUT2D eigenvalue weighted by Gasteiger charge is -2.28. The summed E-state index contributed by atoms with van der Waals surface area (Å²) in [6, 6.07) is 8.03. The number of hydrogen-bond acceptors (Lipinski definition) is 9. The number of carbonyl (C=O) groups excluding carboxylic acids is 1. The minimum Gasteiger partial charge on any atom is -0.358 e. The predicted octanol–water partition coefficient (Wildman–Crippen LogP) is 3.95. The zero-order valence-corrected chi connectivity index (χ0v) is 23.2. The number of nitro groups is 1. The molecular weight excluding hydrogens is 587 g/mol. The molecule has 0 aliphatic rings. The lowest BCUT2D eigenvalue weighted by Crippen LogP contribution is -2.39. The van der Waals surface area contributed by atoms with E-state index < -0.39 is 16.6 Å². The van der Waals surface area contributed by atoms with Crippen molar-refractivity contribution < 1.29 is 18.6 Å². The van der Waals surface area contributed by atoms with E-state index in [2.05, 4.69) is 46.5 Å². The molecule has 0 spiro atoms. The van der Waals surface area contributed by atoms with E-state index >= 15 is 0 Å². The van der Waals surface area contributed by atoms with Gasteiger partial charge in [0.05, 0.1) is 36.8 Å². The van der Waals surface area contributed by atoms with Crippen molar-refractivity contribution in [1.29, 1.82) is 5.26 Å². The summed E-state index contributed by atoms with van der Waals surface area (Å²) in [6.45, 7) is 0.562. The molecule has 2 N–H and O–H groups in total. The fourth-order valence-corrected chi connectivity index (χ4v) is 4.11. The van der Waals surface area contributed by atoms with Crippen LogP contribution in [-0.2, 0) is 18.4 Å². The Morgan fingerprint density at radius 1 is 1.30 bits per heavy atom. The van der Waals surface area contributed by atoms with Crippen LogP contribution in [0, 0.1) is 27.3 Å². The number of nitrogens with one attached hydrogen (secondary N) is 2. The average Bonchev–Trinajstić information content (AvgIpc) is 3.21. The van der Waals surface area contributed by atoms with Gasteiger partial charge in [-0.2, -0.15) is 5.26 Å². The maximum atomic E-state index is 13.9. The van der Waals surface area contributed by atoms with E-state index in [-0.39, 0.29) is 28.5 Å². The van der Waals surface area contributed by atoms with Crippen LogP contribution in [0.2, 0.25) is 0 Å². The molecule has 0 atom stereocenters. The Bertz CT molecular complexity index is 1700. The number of hydrogen-bond donors (Lipinski definition) is 2. The highest BCUT2D eigenvalue weighted by Gasteiger charge is 2.30. The number of quaternary nitrogens is 1. The maximum Gasteiger partial charge on any atom is 0.392 e. The standard InChI is InChI=1S/C25H22BrFN10O3/c1-35-20(25(36(39)40)34-22(35)11-28)13-37(2,3)8-4-5-23(38)33-21-10-16-19(12-29-21)30-14-31-24(16)32-15-6-7-17(26)18(27)9-15/h4-7,9-10,12,14H,8,13H2,1-3H3,(H-,29,30,31,32,33,38)/p+1/b5-4+. The zero-order chi connectivity index (χ0) is 29.0. The SMILES string of the molecule is Cn1c(C#N)nc([N+](=O)[O-])c1C[N+](C)(C)C/C=C/C(=O)Nc1cc2c(Nc3ccc(Br)c(F)c3)ncnc2cn1. The first-order valence-corrected chi connectivity index (χ1v) is 12.5. The third-order valence-corrected chi connectivity index (χ3v) is 6.51. The van der Waals surface area contributed by atoms with Crippen LogP contribution in [0.15, 0.2) is 53.4 Å². The zero-order valence-electron chi connectivity index (χ0n) is 21.6. The number of likely N-dealkylation sites (N-methyl/N-ethyl adjacent to an activating group) is 1. The third-order valence-electron chi connectivity index (χ3n) is 5.87. The van der Waals surface area contributed by atoms with Crippen molar-refractivity contribution in [3.63, 3.8) is 0 Å². The number of imidazole rings is 1. The second-order valence-electron chi connectivity index (χ2n) is 9.36. The van der Waals surface area contributed by atoms with Crippen LogP contribution in [0.1, 0.15) is 11.5 Å². The monoisotopic (exact) mass is 609 g/mol. The van der Waals surface area contributed by atoms with Gasteiger partial charge in [0.2, 0.25) is 5.91 Å². The first-order chi connectivity index (χ1) is 19.0. The first kappa shape index (κ1) is 28.2. The summed E-state index contributed by atoms with van der Waals surface area (Å²) in [6.07, 6.45) is 5.82. The van der Waals surface area contributed by atoms with E-state index in [0.717, 1.165) is 0 Å². The number of anilines is 3. The number of pyridine rings is 1. The Hall–Kier alpha value is -4.81. The quantitative estimate of drug-likeness (QED) is 0.124. The second kappa shape index (κ2) is 11.5. The first-order valence-electron chi connectivity index (χ1n) is 11.7. The number of rotatable bonds is 9. The number of carbonyl (C=O) groups is 1. The molecule has 3 heterocycles. The number of fused-ring (bicyclic) bond motifs is 1. The average molecular weight is 610 g/mol. The van der Waals surface area contributed by atoms with E-state index in [1.807, 2.05) is 20.2 Å². The van der Waals surface area contributed by atoms with Crippen LogP contribution in [0.3, 0.4) is 0 Å². The van der Waals surface area contributed by atoms with Gasteiger partial charge in [-0.1, -0.05) is 0 Å². The predicted molar refractivity (Wildman–Crippen MR) is 148 cm³/mol. The van der Waals surface area contributed by atoms with Crippen LogP contribution in [0.5, 0.6) is 0 Å².